The van der Waals surface area contributed by atoms with E-state index in [0.29, 0.717) is 25.9 Å². The minimum absolute atomic E-state index is 0.0738. The third-order valence-electron chi connectivity index (χ3n) is 5.45. The van der Waals surface area contributed by atoms with Crippen molar-refractivity contribution in [2.45, 2.75) is 52.1 Å². The molecule has 1 aromatic heterocycles. The molecule has 2 aromatic rings. The van der Waals surface area contributed by atoms with Gasteiger partial charge < -0.3 is 15.5 Å². The lowest BCUT2D eigenvalue weighted by Crippen LogP contribution is -2.51. The van der Waals surface area contributed by atoms with Crippen molar-refractivity contribution in [2.75, 3.05) is 13.1 Å². The zero-order chi connectivity index (χ0) is 22.6. The maximum Gasteiger partial charge on any atom is 0.317 e. The summed E-state index contributed by atoms with van der Waals surface area (Å²) in [6, 6.07) is 9.36. The number of likely N-dealkylation sites (tertiary alicyclic amines) is 1. The third-order valence-corrected chi connectivity index (χ3v) is 5.45. The number of pyridine rings is 1. The Balaban J connectivity index is 1.70. The van der Waals surface area contributed by atoms with Gasteiger partial charge in [0.2, 0.25) is 5.91 Å². The van der Waals surface area contributed by atoms with Gasteiger partial charge in [-0.25, -0.2) is 9.18 Å². The molecule has 0 radical (unpaired) electrons. The first-order valence-corrected chi connectivity index (χ1v) is 10.7. The topological polar surface area (TPSA) is 74.3 Å². The smallest absolute Gasteiger partial charge is 0.317 e. The second-order valence-electron chi connectivity index (χ2n) is 9.14. The molecule has 1 atom stereocenters. The maximum atomic E-state index is 13.4. The average molecular weight is 427 g/mol. The van der Waals surface area contributed by atoms with Crippen molar-refractivity contribution in [3.63, 3.8) is 0 Å². The van der Waals surface area contributed by atoms with Crippen molar-refractivity contribution in [2.24, 2.45) is 5.92 Å². The Bertz CT molecular complexity index is 916. The highest BCUT2D eigenvalue weighted by molar-refractivity contribution is 5.80. The number of carbonyl (C=O) groups is 2. The van der Waals surface area contributed by atoms with Gasteiger partial charge in [0.25, 0.3) is 0 Å². The highest BCUT2D eigenvalue weighted by atomic mass is 19.1. The number of nitrogens with one attached hydrogen (secondary N) is 2. The molecule has 1 fully saturated rings. The van der Waals surface area contributed by atoms with Crippen molar-refractivity contribution < 1.29 is 14.0 Å². The quantitative estimate of drug-likeness (QED) is 0.777. The molecule has 1 aromatic carbocycles. The van der Waals surface area contributed by atoms with Crippen LogP contribution in [0.3, 0.4) is 0 Å². The second-order valence-corrected chi connectivity index (χ2v) is 9.14. The molecule has 3 rings (SSSR count). The molecule has 3 amide bonds. The molecule has 0 saturated carbocycles. The van der Waals surface area contributed by atoms with E-state index in [1.807, 2.05) is 39.8 Å². The fraction of sp³-hybridized carbons (Fsp3) is 0.458. The Morgan fingerprint density at radius 3 is 2.35 bits per heavy atom. The fourth-order valence-electron chi connectivity index (χ4n) is 3.77. The molecule has 1 aliphatic heterocycles. The lowest BCUT2D eigenvalue weighted by molar-refractivity contribution is -0.126. The normalized spacial score (nSPS) is 16.0. The Hall–Kier alpha value is -2.96. The van der Waals surface area contributed by atoms with Crippen molar-refractivity contribution in [1.29, 1.82) is 0 Å². The van der Waals surface area contributed by atoms with E-state index in [1.165, 1.54) is 12.1 Å². The van der Waals surface area contributed by atoms with Crippen LogP contribution in [0, 0.1) is 18.7 Å². The summed E-state index contributed by atoms with van der Waals surface area (Å²) < 4.78 is 13.4. The number of rotatable bonds is 4. The summed E-state index contributed by atoms with van der Waals surface area (Å²) in [6.45, 7) is 8.84. The summed E-state index contributed by atoms with van der Waals surface area (Å²) in [5, 5.41) is 6.09. The molecule has 31 heavy (non-hydrogen) atoms. The van der Waals surface area contributed by atoms with Crippen LogP contribution in [0.5, 0.6) is 0 Å². The van der Waals surface area contributed by atoms with Crippen LogP contribution in [-0.4, -0.2) is 40.5 Å². The zero-order valence-corrected chi connectivity index (χ0v) is 18.6. The van der Waals surface area contributed by atoms with E-state index in [4.69, 9.17) is 0 Å². The molecular weight excluding hydrogens is 395 g/mol. The van der Waals surface area contributed by atoms with E-state index in [2.05, 4.69) is 15.6 Å². The predicted molar refractivity (Wildman–Crippen MR) is 118 cm³/mol. The number of amides is 3. The molecule has 166 valence electrons. The van der Waals surface area contributed by atoms with Crippen molar-refractivity contribution in [3.05, 3.63) is 65.2 Å². The molecule has 6 nitrogen and oxygen atoms in total. The SMILES string of the molecule is Cc1cccnc1C(NC(=O)C1CCN(C(=O)NC(C)(C)C)CC1)c1ccc(F)cc1. The van der Waals surface area contributed by atoms with E-state index in [9.17, 15) is 14.0 Å². The van der Waals surface area contributed by atoms with Gasteiger partial charge in [-0.2, -0.15) is 0 Å². The van der Waals surface area contributed by atoms with Crippen LogP contribution in [-0.2, 0) is 4.79 Å². The molecule has 1 saturated heterocycles. The summed E-state index contributed by atoms with van der Waals surface area (Å²) in [5.41, 5.74) is 2.17. The number of carbonyl (C=O) groups excluding carboxylic acids is 2. The van der Waals surface area contributed by atoms with Crippen molar-refractivity contribution in [1.82, 2.24) is 20.5 Å². The second kappa shape index (κ2) is 9.45. The van der Waals surface area contributed by atoms with Gasteiger partial charge in [0, 0.05) is 30.7 Å². The number of aromatic nitrogens is 1. The van der Waals surface area contributed by atoms with Gasteiger partial charge in [0.05, 0.1) is 11.7 Å². The average Bonchev–Trinajstić information content (AvgIpc) is 2.72. The predicted octanol–water partition coefficient (Wildman–Crippen LogP) is 3.95. The summed E-state index contributed by atoms with van der Waals surface area (Å²) in [7, 11) is 0. The molecule has 2 N–H and O–H groups in total. The van der Waals surface area contributed by atoms with Crippen LogP contribution in [0.1, 0.15) is 56.5 Å². The summed E-state index contributed by atoms with van der Waals surface area (Å²) in [6.07, 6.45) is 2.89. The minimum Gasteiger partial charge on any atom is -0.343 e. The molecule has 7 heteroatoms. The standard InChI is InChI=1S/C24H31FN4O2/c1-16-6-5-13-26-20(16)21(17-7-9-19(25)10-8-17)27-22(30)18-11-14-29(15-12-18)23(31)28-24(2,3)4/h5-10,13,18,21H,11-12,14-15H2,1-4H3,(H,27,30)(H,28,31). The Morgan fingerprint density at radius 2 is 1.77 bits per heavy atom. The molecule has 0 aliphatic carbocycles. The number of nitrogens with zero attached hydrogens (tertiary/aromatic N) is 2. The minimum atomic E-state index is -0.462. The van der Waals surface area contributed by atoms with Crippen LogP contribution in [0.2, 0.25) is 0 Å². The molecule has 1 aliphatic rings. The molecule has 2 heterocycles. The number of urea groups is 1. The van der Waals surface area contributed by atoms with E-state index in [1.54, 1.807) is 23.2 Å². The van der Waals surface area contributed by atoms with E-state index in [-0.39, 0.29) is 29.2 Å². The number of aryl methyl sites for hydroxylation is 1. The Labute approximate surface area is 183 Å². The molecular formula is C24H31FN4O2. The van der Waals surface area contributed by atoms with E-state index in [0.717, 1.165) is 16.8 Å². The van der Waals surface area contributed by atoms with Crippen molar-refractivity contribution in [3.8, 4) is 0 Å². The fourth-order valence-corrected chi connectivity index (χ4v) is 3.77. The van der Waals surface area contributed by atoms with Crippen LogP contribution in [0.25, 0.3) is 0 Å². The van der Waals surface area contributed by atoms with Gasteiger partial charge in [0.1, 0.15) is 5.82 Å². The van der Waals surface area contributed by atoms with Crippen LogP contribution in [0.15, 0.2) is 42.6 Å². The highest BCUT2D eigenvalue weighted by Crippen LogP contribution is 2.26. The highest BCUT2D eigenvalue weighted by Gasteiger charge is 2.30. The number of halogens is 1. The zero-order valence-electron chi connectivity index (χ0n) is 18.6. The molecule has 1 unspecified atom stereocenters. The first kappa shape index (κ1) is 22.7. The Morgan fingerprint density at radius 1 is 1.13 bits per heavy atom. The summed E-state index contributed by atoms with van der Waals surface area (Å²) in [5.74, 6) is -0.589. The lowest BCUT2D eigenvalue weighted by atomic mass is 9.94. The molecule has 0 bridgehead atoms. The van der Waals surface area contributed by atoms with Gasteiger partial charge in [-0.3, -0.25) is 9.78 Å². The van der Waals surface area contributed by atoms with Gasteiger partial charge in [-0.15, -0.1) is 0 Å². The van der Waals surface area contributed by atoms with Crippen LogP contribution < -0.4 is 10.6 Å². The van der Waals surface area contributed by atoms with Crippen molar-refractivity contribution >= 4 is 11.9 Å². The lowest BCUT2D eigenvalue weighted by Gasteiger charge is -2.34. The van der Waals surface area contributed by atoms with Gasteiger partial charge in [-0.05, 0) is 69.9 Å². The number of hydrogen-bond donors (Lipinski definition) is 2. The molecule has 0 spiro atoms. The number of benzene rings is 1. The monoisotopic (exact) mass is 426 g/mol. The summed E-state index contributed by atoms with van der Waals surface area (Å²) >= 11 is 0. The van der Waals surface area contributed by atoms with Gasteiger partial charge in [0.15, 0.2) is 0 Å². The van der Waals surface area contributed by atoms with E-state index < -0.39 is 6.04 Å². The first-order valence-electron chi connectivity index (χ1n) is 10.7. The number of piperidine rings is 1. The Kier molecular flexibility index (Phi) is 6.93. The largest absolute Gasteiger partial charge is 0.343 e. The van der Waals surface area contributed by atoms with Crippen LogP contribution in [0.4, 0.5) is 9.18 Å². The third kappa shape index (κ3) is 6.03. The van der Waals surface area contributed by atoms with Crippen LogP contribution >= 0.6 is 0 Å². The van der Waals surface area contributed by atoms with Gasteiger partial charge >= 0.3 is 6.03 Å². The maximum absolute atomic E-state index is 13.4. The summed E-state index contributed by atoms with van der Waals surface area (Å²) in [4.78, 5) is 31.7. The van der Waals surface area contributed by atoms with Gasteiger partial charge in [-0.1, -0.05) is 18.2 Å². The van der Waals surface area contributed by atoms with E-state index >= 15 is 0 Å². The number of hydrogen-bond acceptors (Lipinski definition) is 3. The first-order chi connectivity index (χ1) is 14.6.